The minimum absolute atomic E-state index is 0.0652. The highest BCUT2D eigenvalue weighted by molar-refractivity contribution is 14.1. The Labute approximate surface area is 141 Å². The van der Waals surface area contributed by atoms with Crippen molar-refractivity contribution in [2.75, 3.05) is 5.73 Å². The first kappa shape index (κ1) is 15.7. The molecule has 20 heavy (non-hydrogen) atoms. The first-order chi connectivity index (χ1) is 9.20. The second-order valence-corrected chi connectivity index (χ2v) is 7.74. The van der Waals surface area contributed by atoms with Crippen LogP contribution in [-0.4, -0.2) is 9.97 Å². The molecule has 0 amide bonds. The first-order valence-electron chi connectivity index (χ1n) is 6.30. The molecule has 3 nitrogen and oxygen atoms in total. The molecule has 0 aliphatic heterocycles. The Kier molecular flexibility index (Phi) is 4.39. The molecule has 2 N–H and O–H groups in total. The number of anilines is 1. The van der Waals surface area contributed by atoms with Gasteiger partial charge in [-0.05, 0) is 41.1 Å². The van der Waals surface area contributed by atoms with Gasteiger partial charge < -0.3 is 5.73 Å². The number of nitrogens with zero attached hydrogens (tertiary/aromatic N) is 2. The summed E-state index contributed by atoms with van der Waals surface area (Å²) in [5, 5.41) is 0. The number of nitrogens with two attached hydrogens (primary N) is 1. The summed E-state index contributed by atoms with van der Waals surface area (Å²) in [6, 6.07) is 6.10. The Morgan fingerprint density at radius 1 is 1.20 bits per heavy atom. The Balaban J connectivity index is 2.63. The van der Waals surface area contributed by atoms with Crippen LogP contribution in [0.4, 0.5) is 5.82 Å². The number of halogens is 2. The van der Waals surface area contributed by atoms with Crippen molar-refractivity contribution in [3.05, 3.63) is 37.5 Å². The third kappa shape index (κ3) is 3.14. The molecule has 1 aromatic carbocycles. The van der Waals surface area contributed by atoms with Crippen LogP contribution in [0.1, 0.15) is 32.0 Å². The lowest BCUT2D eigenvalue weighted by atomic mass is 9.91. The highest BCUT2D eigenvalue weighted by Crippen LogP contribution is 2.31. The molecule has 0 bridgehead atoms. The van der Waals surface area contributed by atoms with Gasteiger partial charge in [-0.3, -0.25) is 0 Å². The van der Waals surface area contributed by atoms with Crippen molar-refractivity contribution in [1.29, 1.82) is 0 Å². The van der Waals surface area contributed by atoms with Gasteiger partial charge >= 0.3 is 0 Å². The van der Waals surface area contributed by atoms with E-state index in [2.05, 4.69) is 71.2 Å². The Morgan fingerprint density at radius 2 is 1.85 bits per heavy atom. The molecule has 0 atom stereocenters. The third-order valence-corrected chi connectivity index (χ3v) is 4.94. The lowest BCUT2D eigenvalue weighted by molar-refractivity contribution is 0.564. The zero-order valence-corrected chi connectivity index (χ0v) is 15.7. The Hall–Kier alpha value is -0.690. The van der Waals surface area contributed by atoms with E-state index < -0.39 is 0 Å². The molecule has 5 heteroatoms. The highest BCUT2D eigenvalue weighted by Gasteiger charge is 2.22. The average molecular weight is 446 g/mol. The van der Waals surface area contributed by atoms with E-state index in [1.54, 1.807) is 0 Å². The number of aryl methyl sites for hydroxylation is 1. The fourth-order valence-corrected chi connectivity index (χ4v) is 3.25. The molecule has 2 rings (SSSR count). The molecule has 0 unspecified atom stereocenters. The van der Waals surface area contributed by atoms with E-state index in [0.29, 0.717) is 11.6 Å². The van der Waals surface area contributed by atoms with Crippen molar-refractivity contribution in [2.45, 2.75) is 33.1 Å². The van der Waals surface area contributed by atoms with Crippen molar-refractivity contribution in [2.24, 2.45) is 0 Å². The van der Waals surface area contributed by atoms with Gasteiger partial charge in [0.25, 0.3) is 0 Å². The van der Waals surface area contributed by atoms with Crippen LogP contribution in [0.2, 0.25) is 0 Å². The summed E-state index contributed by atoms with van der Waals surface area (Å²) in [5.74, 6) is 1.21. The van der Waals surface area contributed by atoms with Crippen molar-refractivity contribution in [1.82, 2.24) is 9.97 Å². The van der Waals surface area contributed by atoms with Gasteiger partial charge in [0.1, 0.15) is 5.82 Å². The molecule has 0 radical (unpaired) electrons. The second kappa shape index (κ2) is 5.60. The fourth-order valence-electron chi connectivity index (χ4n) is 1.82. The van der Waals surface area contributed by atoms with Crippen molar-refractivity contribution < 1.29 is 0 Å². The molecule has 2 aromatic rings. The van der Waals surface area contributed by atoms with Crippen LogP contribution in [0.15, 0.2) is 22.7 Å². The summed E-state index contributed by atoms with van der Waals surface area (Å²) in [7, 11) is 0. The molecule has 0 aliphatic carbocycles. The van der Waals surface area contributed by atoms with E-state index in [9.17, 15) is 0 Å². The van der Waals surface area contributed by atoms with E-state index in [4.69, 9.17) is 10.7 Å². The molecule has 0 saturated heterocycles. The molecule has 0 spiro atoms. The van der Waals surface area contributed by atoms with E-state index in [1.165, 1.54) is 5.56 Å². The third-order valence-electron chi connectivity index (χ3n) is 3.02. The summed E-state index contributed by atoms with van der Waals surface area (Å²) in [6.07, 6.45) is 0. The standard InChI is InChI=1S/C15H17BrIN3/c1-8-5-6-9(7-10(8)16)14-19-12(15(2,3)4)11(17)13(18)20-14/h5-7H,1-4H3,(H2,18,19,20). The molecule has 1 aromatic heterocycles. The largest absolute Gasteiger partial charge is 0.383 e. The summed E-state index contributed by atoms with van der Waals surface area (Å²) in [4.78, 5) is 9.15. The summed E-state index contributed by atoms with van der Waals surface area (Å²) in [5.41, 5.74) is 9.12. The molecular formula is C15H17BrIN3. The van der Waals surface area contributed by atoms with Gasteiger partial charge in [-0.1, -0.05) is 48.8 Å². The monoisotopic (exact) mass is 445 g/mol. The topological polar surface area (TPSA) is 51.8 Å². The normalized spacial score (nSPS) is 11.7. The van der Waals surface area contributed by atoms with E-state index in [1.807, 2.05) is 18.2 Å². The minimum Gasteiger partial charge on any atom is -0.383 e. The van der Waals surface area contributed by atoms with E-state index in [0.717, 1.165) is 19.3 Å². The highest BCUT2D eigenvalue weighted by atomic mass is 127. The summed E-state index contributed by atoms with van der Waals surface area (Å²) in [6.45, 7) is 8.45. The predicted octanol–water partition coefficient (Wildman–Crippen LogP) is 4.70. The number of aromatic nitrogens is 2. The predicted molar refractivity (Wildman–Crippen MR) is 95.7 cm³/mol. The molecule has 106 valence electrons. The average Bonchev–Trinajstić information content (AvgIpc) is 2.34. The quantitative estimate of drug-likeness (QED) is 0.647. The van der Waals surface area contributed by atoms with Crippen molar-refractivity contribution >= 4 is 44.3 Å². The minimum atomic E-state index is -0.0652. The number of benzene rings is 1. The molecule has 1 heterocycles. The zero-order valence-electron chi connectivity index (χ0n) is 12.0. The van der Waals surface area contributed by atoms with Gasteiger partial charge in [0, 0.05) is 15.5 Å². The number of rotatable bonds is 1. The number of nitrogen functional groups attached to an aromatic ring is 1. The first-order valence-corrected chi connectivity index (χ1v) is 8.17. The maximum absolute atomic E-state index is 6.05. The van der Waals surface area contributed by atoms with Crippen LogP contribution < -0.4 is 5.73 Å². The van der Waals surface area contributed by atoms with Crippen LogP contribution >= 0.6 is 38.5 Å². The van der Waals surface area contributed by atoms with Gasteiger partial charge in [0.15, 0.2) is 5.82 Å². The van der Waals surface area contributed by atoms with Gasteiger partial charge in [0.05, 0.1) is 9.26 Å². The smallest absolute Gasteiger partial charge is 0.161 e. The van der Waals surface area contributed by atoms with Crippen molar-refractivity contribution in [3.63, 3.8) is 0 Å². The van der Waals surface area contributed by atoms with E-state index in [-0.39, 0.29) is 5.41 Å². The van der Waals surface area contributed by atoms with Crippen LogP contribution in [-0.2, 0) is 5.41 Å². The Bertz CT molecular complexity index is 663. The van der Waals surface area contributed by atoms with Crippen LogP contribution in [0.25, 0.3) is 11.4 Å². The maximum Gasteiger partial charge on any atom is 0.161 e. The van der Waals surface area contributed by atoms with Crippen molar-refractivity contribution in [3.8, 4) is 11.4 Å². The van der Waals surface area contributed by atoms with Gasteiger partial charge in [0.2, 0.25) is 0 Å². The molecular weight excluding hydrogens is 429 g/mol. The van der Waals surface area contributed by atoms with Gasteiger partial charge in [-0.2, -0.15) is 0 Å². The summed E-state index contributed by atoms with van der Waals surface area (Å²) < 4.78 is 1.98. The molecule has 0 fully saturated rings. The van der Waals surface area contributed by atoms with Crippen LogP contribution in [0, 0.1) is 10.5 Å². The van der Waals surface area contributed by atoms with Crippen LogP contribution in [0.3, 0.4) is 0 Å². The fraction of sp³-hybridized carbons (Fsp3) is 0.333. The number of hydrogen-bond donors (Lipinski definition) is 1. The lowest BCUT2D eigenvalue weighted by Crippen LogP contribution is -2.18. The Morgan fingerprint density at radius 3 is 2.40 bits per heavy atom. The van der Waals surface area contributed by atoms with Gasteiger partial charge in [-0.15, -0.1) is 0 Å². The molecule has 0 aliphatic rings. The SMILES string of the molecule is Cc1ccc(-c2nc(N)c(I)c(C(C)(C)C)n2)cc1Br. The maximum atomic E-state index is 6.05. The number of hydrogen-bond acceptors (Lipinski definition) is 3. The summed E-state index contributed by atoms with van der Waals surface area (Å²) >= 11 is 5.76. The van der Waals surface area contributed by atoms with Crippen LogP contribution in [0.5, 0.6) is 0 Å². The van der Waals surface area contributed by atoms with E-state index >= 15 is 0 Å². The molecule has 0 saturated carbocycles. The van der Waals surface area contributed by atoms with Gasteiger partial charge in [-0.25, -0.2) is 9.97 Å². The lowest BCUT2D eigenvalue weighted by Gasteiger charge is -2.21. The zero-order chi connectivity index (χ0) is 15.1. The second-order valence-electron chi connectivity index (χ2n) is 5.81.